The van der Waals surface area contributed by atoms with Gasteiger partial charge in [-0.3, -0.25) is 4.90 Å². The molecule has 1 aliphatic rings. The van der Waals surface area contributed by atoms with E-state index < -0.39 is 19.8 Å². The zero-order valence-corrected chi connectivity index (χ0v) is 22.1. The average molecular weight is 515 g/mol. The molecule has 0 radical (unpaired) electrons. The van der Waals surface area contributed by atoms with Gasteiger partial charge in [0, 0.05) is 45.7 Å². The highest BCUT2D eigenvalue weighted by molar-refractivity contribution is 6.76. The van der Waals surface area contributed by atoms with Crippen LogP contribution in [-0.2, 0) is 24.4 Å². The van der Waals surface area contributed by atoms with Crippen molar-refractivity contribution in [1.29, 1.82) is 0 Å². The number of urea groups is 1. The van der Waals surface area contributed by atoms with Crippen molar-refractivity contribution in [3.8, 4) is 16.9 Å². The number of halogens is 2. The molecule has 0 unspecified atom stereocenters. The SMILES string of the molecule is COc1cc(F)cc(CNC(=O)N2CCc3cc(-c4cn(COCC[Si](C)(C)C)nc4F)ccc32)c1. The van der Waals surface area contributed by atoms with E-state index in [1.54, 1.807) is 23.2 Å². The zero-order valence-electron chi connectivity index (χ0n) is 21.1. The minimum atomic E-state index is -1.19. The normalized spacial score (nSPS) is 13.1. The molecule has 2 amide bonds. The van der Waals surface area contributed by atoms with Crippen LogP contribution in [0.25, 0.3) is 11.1 Å². The summed E-state index contributed by atoms with van der Waals surface area (Å²) in [6.07, 6.45) is 2.30. The van der Waals surface area contributed by atoms with Gasteiger partial charge in [0.15, 0.2) is 0 Å². The van der Waals surface area contributed by atoms with Crippen LogP contribution in [0.2, 0.25) is 25.7 Å². The summed E-state index contributed by atoms with van der Waals surface area (Å²) in [4.78, 5) is 14.5. The van der Waals surface area contributed by atoms with E-state index in [2.05, 4.69) is 30.1 Å². The molecule has 2 aromatic carbocycles. The molecule has 4 rings (SSSR count). The standard InChI is InChI=1S/C26H32F2N4O3Si/c1-34-22-12-18(11-21(27)14-22)15-29-26(33)32-8-7-20-13-19(5-6-24(20)32)23-16-31(30-25(23)28)17-35-9-10-36(2,3)4/h5-6,11-14,16H,7-10,15,17H2,1-4H3,(H,29,33). The van der Waals surface area contributed by atoms with Crippen LogP contribution in [0.3, 0.4) is 0 Å². The number of benzene rings is 2. The fourth-order valence-electron chi connectivity index (χ4n) is 4.09. The van der Waals surface area contributed by atoms with E-state index in [-0.39, 0.29) is 19.3 Å². The van der Waals surface area contributed by atoms with Crippen LogP contribution in [0.4, 0.5) is 19.3 Å². The zero-order chi connectivity index (χ0) is 25.9. The summed E-state index contributed by atoms with van der Waals surface area (Å²) in [7, 11) is 0.277. The number of aromatic nitrogens is 2. The number of anilines is 1. The van der Waals surface area contributed by atoms with Crippen molar-refractivity contribution in [1.82, 2.24) is 15.1 Å². The highest BCUT2D eigenvalue weighted by Gasteiger charge is 2.25. The number of hydrogen-bond donors (Lipinski definition) is 1. The van der Waals surface area contributed by atoms with Crippen LogP contribution in [0, 0.1) is 11.8 Å². The van der Waals surface area contributed by atoms with Gasteiger partial charge in [0.25, 0.3) is 0 Å². The molecule has 1 aromatic heterocycles. The largest absolute Gasteiger partial charge is 0.497 e. The third-order valence-corrected chi connectivity index (χ3v) is 7.78. The van der Waals surface area contributed by atoms with E-state index >= 15 is 0 Å². The molecule has 2 heterocycles. The molecule has 10 heteroatoms. The molecule has 0 bridgehead atoms. The minimum Gasteiger partial charge on any atom is -0.497 e. The van der Waals surface area contributed by atoms with Gasteiger partial charge >= 0.3 is 6.03 Å². The highest BCUT2D eigenvalue weighted by Crippen LogP contribution is 2.33. The Kier molecular flexibility index (Phi) is 7.75. The van der Waals surface area contributed by atoms with Crippen molar-refractivity contribution in [2.75, 3.05) is 25.2 Å². The molecule has 7 nitrogen and oxygen atoms in total. The van der Waals surface area contributed by atoms with Crippen LogP contribution in [-0.4, -0.2) is 44.1 Å². The summed E-state index contributed by atoms with van der Waals surface area (Å²) in [6, 6.07) is 10.6. The second-order valence-electron chi connectivity index (χ2n) is 10.1. The maximum absolute atomic E-state index is 14.6. The van der Waals surface area contributed by atoms with Gasteiger partial charge in [-0.1, -0.05) is 25.7 Å². The van der Waals surface area contributed by atoms with Gasteiger partial charge in [0.2, 0.25) is 5.95 Å². The summed E-state index contributed by atoms with van der Waals surface area (Å²) in [5, 5.41) is 6.79. The number of nitrogens with one attached hydrogen (secondary N) is 1. The number of rotatable bonds is 9. The molecular formula is C26H32F2N4O3Si. The first-order valence-electron chi connectivity index (χ1n) is 12.0. The monoisotopic (exact) mass is 514 g/mol. The number of nitrogens with zero attached hydrogens (tertiary/aromatic N) is 3. The average Bonchev–Trinajstić information content (AvgIpc) is 3.42. The van der Waals surface area contributed by atoms with E-state index in [4.69, 9.17) is 9.47 Å². The molecule has 1 aliphatic heterocycles. The molecular weight excluding hydrogens is 482 g/mol. The summed E-state index contributed by atoms with van der Waals surface area (Å²) in [5.41, 5.74) is 3.43. The topological polar surface area (TPSA) is 68.6 Å². The first-order chi connectivity index (χ1) is 17.1. The van der Waals surface area contributed by atoms with Gasteiger partial charge in [0.05, 0.1) is 12.7 Å². The summed E-state index contributed by atoms with van der Waals surface area (Å²) >= 11 is 0. The highest BCUT2D eigenvalue weighted by atomic mass is 28.3. The Morgan fingerprint density at radius 1 is 1.17 bits per heavy atom. The van der Waals surface area contributed by atoms with Gasteiger partial charge in [0.1, 0.15) is 18.3 Å². The lowest BCUT2D eigenvalue weighted by Crippen LogP contribution is -2.38. The van der Waals surface area contributed by atoms with Crippen LogP contribution in [0.1, 0.15) is 11.1 Å². The van der Waals surface area contributed by atoms with Gasteiger partial charge in [-0.05, 0) is 53.4 Å². The van der Waals surface area contributed by atoms with Crippen molar-refractivity contribution in [3.63, 3.8) is 0 Å². The van der Waals surface area contributed by atoms with Crippen molar-refractivity contribution in [2.45, 2.75) is 45.4 Å². The summed E-state index contributed by atoms with van der Waals surface area (Å²) < 4.78 is 40.6. The van der Waals surface area contributed by atoms with Crippen molar-refractivity contribution in [2.24, 2.45) is 0 Å². The number of ether oxygens (including phenoxy) is 2. The lowest BCUT2D eigenvalue weighted by atomic mass is 10.0. The van der Waals surface area contributed by atoms with Gasteiger partial charge in [-0.2, -0.15) is 4.39 Å². The molecule has 0 atom stereocenters. The number of hydrogen-bond acceptors (Lipinski definition) is 4. The second-order valence-corrected chi connectivity index (χ2v) is 15.7. The Morgan fingerprint density at radius 2 is 1.97 bits per heavy atom. The fourth-order valence-corrected chi connectivity index (χ4v) is 4.84. The van der Waals surface area contributed by atoms with Gasteiger partial charge in [-0.15, -0.1) is 5.10 Å². The molecule has 3 aromatic rings. The lowest BCUT2D eigenvalue weighted by molar-refractivity contribution is 0.0774. The predicted octanol–water partition coefficient (Wildman–Crippen LogP) is 5.42. The summed E-state index contributed by atoms with van der Waals surface area (Å²) in [6.45, 7) is 8.35. The predicted molar refractivity (Wildman–Crippen MR) is 138 cm³/mol. The Hall–Kier alpha value is -3.24. The number of carbonyl (C=O) groups is 1. The van der Waals surface area contributed by atoms with Gasteiger partial charge in [-0.25, -0.2) is 13.9 Å². The smallest absolute Gasteiger partial charge is 0.322 e. The molecule has 0 fully saturated rings. The molecule has 1 N–H and O–H groups in total. The fraction of sp³-hybridized carbons (Fsp3) is 0.385. The number of fused-ring (bicyclic) bond motifs is 1. The molecule has 36 heavy (non-hydrogen) atoms. The molecule has 192 valence electrons. The Labute approximate surface area is 211 Å². The third kappa shape index (κ3) is 6.30. The molecule has 0 spiro atoms. The van der Waals surface area contributed by atoms with Crippen molar-refractivity contribution in [3.05, 3.63) is 65.5 Å². The maximum Gasteiger partial charge on any atom is 0.322 e. The molecule has 0 aliphatic carbocycles. The molecule has 0 saturated heterocycles. The van der Waals surface area contributed by atoms with Crippen molar-refractivity contribution >= 4 is 19.8 Å². The van der Waals surface area contributed by atoms with E-state index in [0.717, 1.165) is 17.3 Å². The van der Waals surface area contributed by atoms with E-state index in [1.807, 2.05) is 12.1 Å². The minimum absolute atomic E-state index is 0.168. The first kappa shape index (κ1) is 25.8. The van der Waals surface area contributed by atoms with E-state index in [0.29, 0.717) is 42.0 Å². The quantitative estimate of drug-likeness (QED) is 0.306. The third-order valence-electron chi connectivity index (χ3n) is 6.08. The van der Waals surface area contributed by atoms with Crippen molar-refractivity contribution < 1.29 is 23.0 Å². The Balaban J connectivity index is 1.39. The van der Waals surface area contributed by atoms with Crippen LogP contribution in [0.5, 0.6) is 5.75 Å². The van der Waals surface area contributed by atoms with E-state index in [9.17, 15) is 13.6 Å². The second kappa shape index (κ2) is 10.8. The Bertz CT molecular complexity index is 1240. The van der Waals surface area contributed by atoms with Crippen LogP contribution in [0.15, 0.2) is 42.6 Å². The van der Waals surface area contributed by atoms with Crippen LogP contribution < -0.4 is 15.0 Å². The number of methoxy groups -OCH3 is 1. The van der Waals surface area contributed by atoms with E-state index in [1.165, 1.54) is 23.9 Å². The van der Waals surface area contributed by atoms with Gasteiger partial charge < -0.3 is 14.8 Å². The Morgan fingerprint density at radius 3 is 2.72 bits per heavy atom. The number of carbonyl (C=O) groups excluding carboxylic acids is 1. The maximum atomic E-state index is 14.6. The molecule has 0 saturated carbocycles. The number of amides is 2. The summed E-state index contributed by atoms with van der Waals surface area (Å²) in [5.74, 6) is -0.583. The van der Waals surface area contributed by atoms with Crippen LogP contribution >= 0.6 is 0 Å². The first-order valence-corrected chi connectivity index (χ1v) is 15.7. The lowest BCUT2D eigenvalue weighted by Gasteiger charge is -2.18.